The van der Waals surface area contributed by atoms with Crippen LogP contribution < -0.4 is 5.32 Å². The molecule has 26 heavy (non-hydrogen) atoms. The zero-order valence-electron chi connectivity index (χ0n) is 15.3. The number of rotatable bonds is 4. The molecule has 1 aromatic heterocycles. The number of nitrogens with one attached hydrogen (secondary N) is 1. The summed E-state index contributed by atoms with van der Waals surface area (Å²) in [6.07, 6.45) is 6.54. The predicted molar refractivity (Wildman–Crippen MR) is 101 cm³/mol. The molecule has 0 unspecified atom stereocenters. The summed E-state index contributed by atoms with van der Waals surface area (Å²) < 4.78 is 5.64. The molecule has 1 aliphatic heterocycles. The molecule has 2 aliphatic rings. The molecule has 4 rings (SSSR count). The number of nitrogens with zero attached hydrogens (tertiary/aromatic N) is 1. The number of Topliss-reactive ketones (excluding diaryl/α,β-unsaturated/α-hetero) is 1. The van der Waals surface area contributed by atoms with Gasteiger partial charge in [0.15, 0.2) is 11.5 Å². The lowest BCUT2D eigenvalue weighted by Crippen LogP contribution is -2.44. The van der Waals surface area contributed by atoms with E-state index in [2.05, 4.69) is 10.2 Å². The van der Waals surface area contributed by atoms with E-state index in [-0.39, 0.29) is 17.5 Å². The molecular weight excluding hydrogens is 328 g/mol. The van der Waals surface area contributed by atoms with Crippen molar-refractivity contribution in [1.29, 1.82) is 0 Å². The minimum Gasteiger partial charge on any atom is -0.451 e. The third-order valence-corrected chi connectivity index (χ3v) is 5.92. The van der Waals surface area contributed by atoms with Crippen LogP contribution >= 0.6 is 0 Å². The van der Waals surface area contributed by atoms with Gasteiger partial charge in [0.25, 0.3) is 0 Å². The number of amides is 1. The average molecular weight is 354 g/mol. The molecular formula is C21H26N2O3. The predicted octanol–water partition coefficient (Wildman–Crippen LogP) is 4.09. The van der Waals surface area contributed by atoms with Gasteiger partial charge in [0, 0.05) is 18.9 Å². The Morgan fingerprint density at radius 2 is 1.92 bits per heavy atom. The Morgan fingerprint density at radius 3 is 2.73 bits per heavy atom. The van der Waals surface area contributed by atoms with E-state index in [9.17, 15) is 9.59 Å². The molecule has 1 saturated carbocycles. The fraction of sp³-hybridized carbons (Fsp3) is 0.524. The summed E-state index contributed by atoms with van der Waals surface area (Å²) in [4.78, 5) is 26.8. The fourth-order valence-corrected chi connectivity index (χ4v) is 4.62. The molecule has 138 valence electrons. The van der Waals surface area contributed by atoms with E-state index in [0.717, 1.165) is 30.3 Å². The monoisotopic (exact) mass is 354 g/mol. The Labute approximate surface area is 153 Å². The quantitative estimate of drug-likeness (QED) is 0.840. The van der Waals surface area contributed by atoms with Crippen LogP contribution in [0.15, 0.2) is 28.7 Å². The number of carbonyl (C=O) groups excluding carboxylic acids is 2. The van der Waals surface area contributed by atoms with Gasteiger partial charge < -0.3 is 9.73 Å². The number of ketones is 1. The summed E-state index contributed by atoms with van der Waals surface area (Å²) in [7, 11) is 0. The molecule has 0 radical (unpaired) electrons. The number of carbonyl (C=O) groups is 2. The fourth-order valence-electron chi connectivity index (χ4n) is 4.62. The summed E-state index contributed by atoms with van der Waals surface area (Å²) >= 11 is 0. The summed E-state index contributed by atoms with van der Waals surface area (Å²) in [5, 5.41) is 3.71. The molecule has 1 N–H and O–H groups in total. The zero-order valence-corrected chi connectivity index (χ0v) is 15.3. The lowest BCUT2D eigenvalue weighted by atomic mass is 9.75. The normalized spacial score (nSPS) is 23.6. The van der Waals surface area contributed by atoms with Gasteiger partial charge in [-0.15, -0.1) is 0 Å². The van der Waals surface area contributed by atoms with Crippen LogP contribution in [0.25, 0.3) is 11.0 Å². The second kappa shape index (κ2) is 7.23. The highest BCUT2D eigenvalue weighted by Gasteiger charge is 2.31. The molecule has 0 bridgehead atoms. The minimum absolute atomic E-state index is 0.0756. The lowest BCUT2D eigenvalue weighted by molar-refractivity contribution is -0.118. The summed E-state index contributed by atoms with van der Waals surface area (Å²) in [5.74, 6) is 1.57. The Kier molecular flexibility index (Phi) is 4.81. The molecule has 1 saturated heterocycles. The molecule has 5 heteroatoms. The van der Waals surface area contributed by atoms with Crippen LogP contribution in [-0.4, -0.2) is 36.2 Å². The molecule has 2 aromatic rings. The average Bonchev–Trinajstić information content (AvgIpc) is 3.00. The number of anilines is 1. The van der Waals surface area contributed by atoms with Crippen molar-refractivity contribution in [2.45, 2.75) is 39.0 Å². The van der Waals surface area contributed by atoms with Crippen LogP contribution in [0, 0.1) is 11.8 Å². The van der Waals surface area contributed by atoms with Crippen LogP contribution in [0.5, 0.6) is 0 Å². The highest BCUT2D eigenvalue weighted by Crippen LogP contribution is 2.36. The van der Waals surface area contributed by atoms with E-state index < -0.39 is 0 Å². The van der Waals surface area contributed by atoms with Crippen LogP contribution in [0.3, 0.4) is 0 Å². The number of likely N-dealkylation sites (tertiary alicyclic amines) is 1. The second-order valence-corrected chi connectivity index (χ2v) is 7.74. The van der Waals surface area contributed by atoms with Gasteiger partial charge in [-0.3, -0.25) is 14.5 Å². The molecule has 0 spiro atoms. The van der Waals surface area contributed by atoms with Gasteiger partial charge in [-0.05, 0) is 43.4 Å². The molecule has 1 aliphatic carbocycles. The third kappa shape index (κ3) is 3.40. The van der Waals surface area contributed by atoms with Gasteiger partial charge in [0.2, 0.25) is 5.91 Å². The van der Waals surface area contributed by atoms with E-state index in [1.54, 1.807) is 0 Å². The SMILES string of the molecule is CC(=O)c1oc2ccccc2c1NC(=O)CN1CC[C@H]2CCCC[C@H]2C1. The van der Waals surface area contributed by atoms with Gasteiger partial charge in [0.05, 0.1) is 12.2 Å². The van der Waals surface area contributed by atoms with Crippen molar-refractivity contribution in [1.82, 2.24) is 4.90 Å². The largest absolute Gasteiger partial charge is 0.451 e. The first kappa shape index (κ1) is 17.3. The molecule has 1 amide bonds. The number of furan rings is 1. The summed E-state index contributed by atoms with van der Waals surface area (Å²) in [6, 6.07) is 7.42. The first-order valence-corrected chi connectivity index (χ1v) is 9.66. The number of hydrogen-bond donors (Lipinski definition) is 1. The third-order valence-electron chi connectivity index (χ3n) is 5.92. The van der Waals surface area contributed by atoms with Gasteiger partial charge >= 0.3 is 0 Å². The van der Waals surface area contributed by atoms with Crippen LogP contribution in [0.1, 0.15) is 49.6 Å². The van der Waals surface area contributed by atoms with Gasteiger partial charge in [-0.1, -0.05) is 31.4 Å². The van der Waals surface area contributed by atoms with E-state index in [0.29, 0.717) is 17.8 Å². The first-order valence-electron chi connectivity index (χ1n) is 9.66. The Bertz CT molecular complexity index is 826. The molecule has 5 nitrogen and oxygen atoms in total. The van der Waals surface area contributed by atoms with Crippen molar-refractivity contribution >= 4 is 28.3 Å². The maximum absolute atomic E-state index is 12.7. The van der Waals surface area contributed by atoms with E-state index in [1.807, 2.05) is 24.3 Å². The van der Waals surface area contributed by atoms with Crippen LogP contribution in [0.4, 0.5) is 5.69 Å². The molecule has 1 aromatic carbocycles. The Morgan fingerprint density at radius 1 is 1.15 bits per heavy atom. The van der Waals surface area contributed by atoms with Crippen molar-refractivity contribution in [2.75, 3.05) is 25.0 Å². The molecule has 2 atom stereocenters. The van der Waals surface area contributed by atoms with Gasteiger partial charge in [-0.25, -0.2) is 0 Å². The van der Waals surface area contributed by atoms with Crippen molar-refractivity contribution in [2.24, 2.45) is 11.8 Å². The van der Waals surface area contributed by atoms with E-state index in [4.69, 9.17) is 4.42 Å². The standard InChI is InChI=1S/C21H26N2O3/c1-14(24)21-20(17-8-4-5-9-18(17)26-21)22-19(25)13-23-11-10-15-6-2-3-7-16(15)12-23/h4-5,8-9,15-16H,2-3,6-7,10-13H2,1H3,(H,22,25)/t15-,16+/m1/s1. The highest BCUT2D eigenvalue weighted by atomic mass is 16.3. The maximum atomic E-state index is 12.7. The smallest absolute Gasteiger partial charge is 0.238 e. The number of fused-ring (bicyclic) bond motifs is 2. The minimum atomic E-state index is -0.181. The van der Waals surface area contributed by atoms with Crippen molar-refractivity contribution < 1.29 is 14.0 Å². The molecule has 2 heterocycles. The van der Waals surface area contributed by atoms with E-state index >= 15 is 0 Å². The lowest BCUT2D eigenvalue weighted by Gasteiger charge is -2.41. The van der Waals surface area contributed by atoms with Crippen LogP contribution in [-0.2, 0) is 4.79 Å². The van der Waals surface area contributed by atoms with E-state index in [1.165, 1.54) is 39.0 Å². The highest BCUT2D eigenvalue weighted by molar-refractivity contribution is 6.11. The Balaban J connectivity index is 1.46. The van der Waals surface area contributed by atoms with Crippen molar-refractivity contribution in [3.05, 3.63) is 30.0 Å². The maximum Gasteiger partial charge on any atom is 0.238 e. The number of hydrogen-bond acceptors (Lipinski definition) is 4. The second-order valence-electron chi connectivity index (χ2n) is 7.74. The zero-order chi connectivity index (χ0) is 18.1. The van der Waals surface area contributed by atoms with Crippen LogP contribution in [0.2, 0.25) is 0 Å². The number of benzene rings is 1. The summed E-state index contributed by atoms with van der Waals surface area (Å²) in [5.41, 5.74) is 1.13. The topological polar surface area (TPSA) is 62.6 Å². The Hall–Kier alpha value is -2.14. The first-order chi connectivity index (χ1) is 12.6. The number of piperidine rings is 1. The van der Waals surface area contributed by atoms with Crippen molar-refractivity contribution in [3.63, 3.8) is 0 Å². The number of para-hydroxylation sites is 1. The van der Waals surface area contributed by atoms with Gasteiger partial charge in [-0.2, -0.15) is 0 Å². The van der Waals surface area contributed by atoms with Crippen molar-refractivity contribution in [3.8, 4) is 0 Å². The molecule has 2 fully saturated rings. The summed E-state index contributed by atoms with van der Waals surface area (Å²) in [6.45, 7) is 3.84. The van der Waals surface area contributed by atoms with Gasteiger partial charge in [0.1, 0.15) is 5.58 Å².